The molecule has 0 aliphatic heterocycles. The van der Waals surface area contributed by atoms with Crippen LogP contribution < -0.4 is 5.32 Å². The van der Waals surface area contributed by atoms with Crippen molar-refractivity contribution >= 4 is 39.1 Å². The lowest BCUT2D eigenvalue weighted by atomic mass is 10.2. The van der Waals surface area contributed by atoms with Crippen molar-refractivity contribution in [1.29, 1.82) is 0 Å². The van der Waals surface area contributed by atoms with Gasteiger partial charge >= 0.3 is 5.97 Å². The van der Waals surface area contributed by atoms with Crippen LogP contribution in [0.3, 0.4) is 0 Å². The normalized spacial score (nSPS) is 12.1. The number of carbonyl (C=O) groups excluding carboxylic acids is 1. The number of amides is 1. The molecule has 0 spiro atoms. The van der Waals surface area contributed by atoms with Crippen molar-refractivity contribution < 1.29 is 14.7 Å². The number of hydrogen-bond donors (Lipinski definition) is 2. The Hall–Kier alpha value is -0.880. The summed E-state index contributed by atoms with van der Waals surface area (Å²) < 4.78 is 1.01. The zero-order valence-corrected chi connectivity index (χ0v) is 11.1. The average Bonchev–Trinajstić information content (AvgIpc) is 2.61. The van der Waals surface area contributed by atoms with Gasteiger partial charge in [0, 0.05) is 21.2 Å². The van der Waals surface area contributed by atoms with Gasteiger partial charge in [-0.15, -0.1) is 11.3 Å². The van der Waals surface area contributed by atoms with Crippen molar-refractivity contribution in [3.63, 3.8) is 0 Å². The fourth-order valence-electron chi connectivity index (χ4n) is 1.10. The van der Waals surface area contributed by atoms with E-state index in [0.29, 0.717) is 12.8 Å². The van der Waals surface area contributed by atoms with Crippen LogP contribution in [0.5, 0.6) is 0 Å². The Morgan fingerprint density at radius 2 is 2.31 bits per heavy atom. The number of carboxylic acids is 1. The van der Waals surface area contributed by atoms with Crippen molar-refractivity contribution in [3.8, 4) is 0 Å². The number of nitrogens with one attached hydrogen (secondary N) is 1. The second kappa shape index (κ2) is 6.00. The van der Waals surface area contributed by atoms with Crippen molar-refractivity contribution in [1.82, 2.24) is 5.32 Å². The van der Waals surface area contributed by atoms with Crippen molar-refractivity contribution in [2.24, 2.45) is 0 Å². The van der Waals surface area contributed by atoms with Crippen molar-refractivity contribution in [3.05, 3.63) is 20.8 Å². The maximum atomic E-state index is 11.4. The summed E-state index contributed by atoms with van der Waals surface area (Å²) in [7, 11) is 0. The Balaban J connectivity index is 2.33. The van der Waals surface area contributed by atoms with Gasteiger partial charge in [0.15, 0.2) is 0 Å². The second-order valence-electron chi connectivity index (χ2n) is 3.36. The van der Waals surface area contributed by atoms with Gasteiger partial charge < -0.3 is 10.4 Å². The Labute approximate surface area is 106 Å². The first-order valence-corrected chi connectivity index (χ1v) is 6.41. The van der Waals surface area contributed by atoms with E-state index in [4.69, 9.17) is 5.11 Å². The van der Waals surface area contributed by atoms with Crippen LogP contribution in [0.25, 0.3) is 0 Å². The number of aliphatic carboxylic acids is 1. The molecule has 0 aliphatic rings. The third kappa shape index (κ3) is 4.32. The Bertz CT molecular complexity index is 391. The summed E-state index contributed by atoms with van der Waals surface area (Å²) >= 11 is 4.90. The van der Waals surface area contributed by atoms with Crippen LogP contribution in [0, 0.1) is 0 Å². The first kappa shape index (κ1) is 13.2. The fourth-order valence-corrected chi connectivity index (χ4v) is 2.55. The van der Waals surface area contributed by atoms with Gasteiger partial charge in [0.05, 0.1) is 0 Å². The Morgan fingerprint density at radius 1 is 1.62 bits per heavy atom. The molecule has 0 radical (unpaired) electrons. The summed E-state index contributed by atoms with van der Waals surface area (Å²) in [4.78, 5) is 23.0. The lowest BCUT2D eigenvalue weighted by molar-refractivity contribution is -0.141. The number of carboxylic acid groups (broad SMARTS) is 1. The summed E-state index contributed by atoms with van der Waals surface area (Å²) in [6, 6.07) is 1.13. The standard InChI is InChI=1S/C10H12BrNO3S/c1-6(10(14)15)12-9(13)3-2-8-4-7(11)5-16-8/h4-6H,2-3H2,1H3,(H,12,13)(H,14,15)/t6-/m0/s1. The molecule has 0 unspecified atom stereocenters. The van der Waals surface area contributed by atoms with E-state index < -0.39 is 12.0 Å². The highest BCUT2D eigenvalue weighted by Gasteiger charge is 2.13. The quantitative estimate of drug-likeness (QED) is 0.875. The highest BCUT2D eigenvalue weighted by atomic mass is 79.9. The van der Waals surface area contributed by atoms with Gasteiger partial charge in [0.25, 0.3) is 0 Å². The number of rotatable bonds is 5. The van der Waals surface area contributed by atoms with Gasteiger partial charge in [-0.25, -0.2) is 0 Å². The molecule has 0 fully saturated rings. The third-order valence-electron chi connectivity index (χ3n) is 1.97. The topological polar surface area (TPSA) is 66.4 Å². The molecular weight excluding hydrogens is 294 g/mol. The first-order chi connectivity index (χ1) is 7.49. The zero-order chi connectivity index (χ0) is 12.1. The van der Waals surface area contributed by atoms with E-state index in [1.54, 1.807) is 11.3 Å². The molecule has 1 heterocycles. The minimum atomic E-state index is -1.02. The van der Waals surface area contributed by atoms with Gasteiger partial charge in [-0.1, -0.05) is 0 Å². The molecule has 88 valence electrons. The summed E-state index contributed by atoms with van der Waals surface area (Å²) in [5.41, 5.74) is 0. The maximum absolute atomic E-state index is 11.4. The molecule has 0 saturated heterocycles. The van der Waals surface area contributed by atoms with Crippen LogP contribution in [0.2, 0.25) is 0 Å². The van der Waals surface area contributed by atoms with E-state index in [0.717, 1.165) is 9.35 Å². The van der Waals surface area contributed by atoms with Gasteiger partial charge in [-0.05, 0) is 35.3 Å². The van der Waals surface area contributed by atoms with Crippen LogP contribution in [0.1, 0.15) is 18.2 Å². The number of thiophene rings is 1. The van der Waals surface area contributed by atoms with Gasteiger partial charge in [-0.3, -0.25) is 9.59 Å². The van der Waals surface area contributed by atoms with E-state index in [9.17, 15) is 9.59 Å². The van der Waals surface area contributed by atoms with E-state index in [2.05, 4.69) is 21.2 Å². The first-order valence-electron chi connectivity index (χ1n) is 4.74. The smallest absolute Gasteiger partial charge is 0.325 e. The maximum Gasteiger partial charge on any atom is 0.325 e. The molecule has 4 nitrogen and oxygen atoms in total. The van der Waals surface area contributed by atoms with Crippen LogP contribution in [0.15, 0.2) is 15.9 Å². The van der Waals surface area contributed by atoms with Crippen molar-refractivity contribution in [2.45, 2.75) is 25.8 Å². The summed E-state index contributed by atoms with van der Waals surface area (Å²) in [6.45, 7) is 1.45. The minimum absolute atomic E-state index is 0.237. The zero-order valence-electron chi connectivity index (χ0n) is 8.70. The molecule has 2 N–H and O–H groups in total. The highest BCUT2D eigenvalue weighted by Crippen LogP contribution is 2.20. The molecule has 0 aromatic carbocycles. The van der Waals surface area contributed by atoms with E-state index >= 15 is 0 Å². The summed E-state index contributed by atoms with van der Waals surface area (Å²) in [5, 5.41) is 13.0. The molecule has 16 heavy (non-hydrogen) atoms. The lowest BCUT2D eigenvalue weighted by Crippen LogP contribution is -2.38. The number of carbonyl (C=O) groups is 2. The monoisotopic (exact) mass is 305 g/mol. The van der Waals surface area contributed by atoms with Gasteiger partial charge in [0.2, 0.25) is 5.91 Å². The molecule has 1 atom stereocenters. The van der Waals surface area contributed by atoms with Crippen LogP contribution in [-0.2, 0) is 16.0 Å². The number of halogens is 1. The van der Waals surface area contributed by atoms with E-state index in [-0.39, 0.29) is 5.91 Å². The lowest BCUT2D eigenvalue weighted by Gasteiger charge is -2.08. The van der Waals surface area contributed by atoms with Crippen LogP contribution in [-0.4, -0.2) is 23.0 Å². The summed E-state index contributed by atoms with van der Waals surface area (Å²) in [5.74, 6) is -1.26. The van der Waals surface area contributed by atoms with Crippen molar-refractivity contribution in [2.75, 3.05) is 0 Å². The second-order valence-corrected chi connectivity index (χ2v) is 5.27. The van der Waals surface area contributed by atoms with Crippen LogP contribution >= 0.6 is 27.3 Å². The predicted octanol–water partition coefficient (Wildman–Crippen LogP) is 2.03. The Morgan fingerprint density at radius 3 is 2.81 bits per heavy atom. The number of aryl methyl sites for hydroxylation is 1. The minimum Gasteiger partial charge on any atom is -0.480 e. The summed E-state index contributed by atoms with van der Waals surface area (Å²) in [6.07, 6.45) is 0.943. The number of hydrogen-bond acceptors (Lipinski definition) is 3. The molecule has 6 heteroatoms. The fraction of sp³-hybridized carbons (Fsp3) is 0.400. The predicted molar refractivity (Wildman–Crippen MR) is 65.6 cm³/mol. The molecular formula is C10H12BrNO3S. The molecule has 0 saturated carbocycles. The molecule has 1 aromatic rings. The highest BCUT2D eigenvalue weighted by molar-refractivity contribution is 9.10. The largest absolute Gasteiger partial charge is 0.480 e. The SMILES string of the molecule is C[C@H](NC(=O)CCc1cc(Br)cs1)C(=O)O. The van der Waals surface area contributed by atoms with Gasteiger partial charge in [0.1, 0.15) is 6.04 Å². The van der Waals surface area contributed by atoms with E-state index in [1.165, 1.54) is 6.92 Å². The van der Waals surface area contributed by atoms with Gasteiger partial charge in [-0.2, -0.15) is 0 Å². The molecule has 0 bridgehead atoms. The molecule has 1 amide bonds. The van der Waals surface area contributed by atoms with Crippen LogP contribution in [0.4, 0.5) is 0 Å². The average molecular weight is 306 g/mol. The molecule has 1 rings (SSSR count). The van der Waals surface area contributed by atoms with E-state index in [1.807, 2.05) is 11.4 Å². The molecule has 1 aromatic heterocycles. The molecule has 0 aliphatic carbocycles. The Kier molecular flexibility index (Phi) is 4.95. The third-order valence-corrected chi connectivity index (χ3v) is 3.73.